The van der Waals surface area contributed by atoms with Crippen LogP contribution in [0.25, 0.3) is 0 Å². The van der Waals surface area contributed by atoms with Crippen molar-refractivity contribution in [1.82, 2.24) is 0 Å². The molecule has 1 unspecified atom stereocenters. The first-order chi connectivity index (χ1) is 37.0. The topological polar surface area (TPSA) is 78.9 Å². The molecule has 0 heterocycles. The molecule has 0 bridgehead atoms. The first-order valence-electron chi connectivity index (χ1n) is 31.4. The van der Waals surface area contributed by atoms with Gasteiger partial charge in [0.2, 0.25) is 0 Å². The van der Waals surface area contributed by atoms with E-state index in [1.165, 1.54) is 128 Å². The molecular weight excluding hydrogens is 925 g/mol. The average molecular weight is 1040 g/mol. The largest absolute Gasteiger partial charge is 0.462 e. The molecule has 0 aliphatic rings. The lowest BCUT2D eigenvalue weighted by Crippen LogP contribution is -2.30. The molecule has 0 saturated carbocycles. The van der Waals surface area contributed by atoms with Crippen LogP contribution in [0, 0.1) is 0 Å². The highest BCUT2D eigenvalue weighted by atomic mass is 16.6. The average Bonchev–Trinajstić information content (AvgIpc) is 3.41. The normalized spacial score (nSPS) is 12.8. The molecule has 0 fully saturated rings. The second-order valence-corrected chi connectivity index (χ2v) is 20.6. The third-order valence-electron chi connectivity index (χ3n) is 13.3. The summed E-state index contributed by atoms with van der Waals surface area (Å²) in [6, 6.07) is 0. The summed E-state index contributed by atoms with van der Waals surface area (Å²) in [6.07, 6.45) is 85.2. The van der Waals surface area contributed by atoms with Gasteiger partial charge < -0.3 is 14.2 Å². The van der Waals surface area contributed by atoms with Gasteiger partial charge in [0.25, 0.3) is 0 Å². The number of carbonyl (C=O) groups is 3. The fraction of sp³-hybridized carbons (Fsp3) is 0.696. The highest BCUT2D eigenvalue weighted by Gasteiger charge is 2.19. The predicted molar refractivity (Wildman–Crippen MR) is 325 cm³/mol. The number of hydrogen-bond donors (Lipinski definition) is 0. The molecule has 0 aromatic heterocycles. The summed E-state index contributed by atoms with van der Waals surface area (Å²) >= 11 is 0. The standard InChI is InChI=1S/C69H116O6/c1-4-7-10-13-16-19-22-24-26-27-28-29-30-31-32-33-34-35-36-37-38-39-40-41-43-44-47-50-53-56-59-62-68(71)74-65-66(64-73-67(70)61-58-55-52-49-46-21-18-15-12-9-6-3)75-69(72)63-60-57-54-51-48-45-42-25-23-20-17-14-11-8-5-2/h7,10,16,19,24,26,28-29,31-32,34-35,37-38,40-41,44,47,66H,4-6,8-9,11-15,17-18,20-23,25,27,30,33,36,39,42-43,45-46,48-65H2,1-3H3/b10-7-,19-16-,26-24-,29-28-,32-31-,35-34-,38-37-,41-40-,47-44-. The molecule has 0 spiro atoms. The number of carbonyl (C=O) groups excluding carboxylic acids is 3. The van der Waals surface area contributed by atoms with Crippen molar-refractivity contribution in [1.29, 1.82) is 0 Å². The van der Waals surface area contributed by atoms with Crippen LogP contribution in [0.5, 0.6) is 0 Å². The van der Waals surface area contributed by atoms with Crippen molar-refractivity contribution < 1.29 is 28.6 Å². The number of allylic oxidation sites excluding steroid dienone is 18. The lowest BCUT2D eigenvalue weighted by Gasteiger charge is -2.18. The van der Waals surface area contributed by atoms with Crippen LogP contribution >= 0.6 is 0 Å². The molecule has 0 N–H and O–H groups in total. The van der Waals surface area contributed by atoms with E-state index >= 15 is 0 Å². The van der Waals surface area contributed by atoms with Crippen LogP contribution in [0.2, 0.25) is 0 Å². The van der Waals surface area contributed by atoms with Crippen LogP contribution in [0.3, 0.4) is 0 Å². The summed E-state index contributed by atoms with van der Waals surface area (Å²) in [7, 11) is 0. The smallest absolute Gasteiger partial charge is 0.306 e. The first-order valence-corrected chi connectivity index (χ1v) is 31.4. The molecule has 428 valence electrons. The Kier molecular flexibility index (Phi) is 59.3. The molecule has 0 radical (unpaired) electrons. The van der Waals surface area contributed by atoms with Gasteiger partial charge in [-0.05, 0) is 89.9 Å². The maximum absolute atomic E-state index is 12.9. The van der Waals surface area contributed by atoms with Gasteiger partial charge in [0.05, 0.1) is 0 Å². The zero-order valence-corrected chi connectivity index (χ0v) is 49.0. The molecule has 6 nitrogen and oxygen atoms in total. The van der Waals surface area contributed by atoms with Crippen LogP contribution < -0.4 is 0 Å². The lowest BCUT2D eigenvalue weighted by molar-refractivity contribution is -0.167. The minimum atomic E-state index is -0.789. The molecule has 75 heavy (non-hydrogen) atoms. The second kappa shape index (κ2) is 62.6. The van der Waals surface area contributed by atoms with Crippen molar-refractivity contribution in [3.63, 3.8) is 0 Å². The van der Waals surface area contributed by atoms with Crippen molar-refractivity contribution in [2.75, 3.05) is 13.2 Å². The van der Waals surface area contributed by atoms with Gasteiger partial charge in [-0.3, -0.25) is 14.4 Å². The summed E-state index contributed by atoms with van der Waals surface area (Å²) in [6.45, 7) is 6.51. The van der Waals surface area contributed by atoms with E-state index in [1.54, 1.807) is 0 Å². The van der Waals surface area contributed by atoms with Gasteiger partial charge in [-0.25, -0.2) is 0 Å². The van der Waals surface area contributed by atoms with E-state index in [-0.39, 0.29) is 31.1 Å². The third-order valence-corrected chi connectivity index (χ3v) is 13.3. The Morgan fingerprint density at radius 2 is 0.520 bits per heavy atom. The van der Waals surface area contributed by atoms with Crippen LogP contribution in [0.1, 0.15) is 290 Å². The minimum absolute atomic E-state index is 0.0853. The Hall–Kier alpha value is -3.93. The fourth-order valence-electron chi connectivity index (χ4n) is 8.61. The zero-order valence-electron chi connectivity index (χ0n) is 49.0. The number of unbranched alkanes of at least 4 members (excludes halogenated alkanes) is 27. The Morgan fingerprint density at radius 3 is 0.813 bits per heavy atom. The number of hydrogen-bond acceptors (Lipinski definition) is 6. The monoisotopic (exact) mass is 1040 g/mol. The Labute approximate surface area is 463 Å². The zero-order chi connectivity index (χ0) is 54.3. The van der Waals surface area contributed by atoms with Gasteiger partial charge in [-0.15, -0.1) is 0 Å². The van der Waals surface area contributed by atoms with Crippen molar-refractivity contribution in [2.24, 2.45) is 0 Å². The Morgan fingerprint density at radius 1 is 0.280 bits per heavy atom. The van der Waals surface area contributed by atoms with Gasteiger partial charge in [0.1, 0.15) is 13.2 Å². The Bertz CT molecular complexity index is 1520. The summed E-state index contributed by atoms with van der Waals surface area (Å²) in [4.78, 5) is 38.2. The highest BCUT2D eigenvalue weighted by Crippen LogP contribution is 2.16. The fourth-order valence-corrected chi connectivity index (χ4v) is 8.61. The molecule has 0 aliphatic carbocycles. The first kappa shape index (κ1) is 71.1. The van der Waals surface area contributed by atoms with E-state index in [0.29, 0.717) is 19.3 Å². The molecule has 6 heteroatoms. The molecular formula is C69H116O6. The van der Waals surface area contributed by atoms with Crippen LogP contribution in [-0.2, 0) is 28.6 Å². The third kappa shape index (κ3) is 60.8. The van der Waals surface area contributed by atoms with Gasteiger partial charge in [-0.1, -0.05) is 291 Å². The van der Waals surface area contributed by atoms with E-state index in [2.05, 4.69) is 130 Å². The van der Waals surface area contributed by atoms with Crippen LogP contribution in [0.4, 0.5) is 0 Å². The minimum Gasteiger partial charge on any atom is -0.462 e. The van der Waals surface area contributed by atoms with Crippen LogP contribution in [-0.4, -0.2) is 37.2 Å². The molecule has 0 aliphatic heterocycles. The molecule has 0 aromatic carbocycles. The molecule has 1 atom stereocenters. The second-order valence-electron chi connectivity index (χ2n) is 20.6. The molecule has 0 rings (SSSR count). The highest BCUT2D eigenvalue weighted by molar-refractivity contribution is 5.71. The quantitative estimate of drug-likeness (QED) is 0.0261. The van der Waals surface area contributed by atoms with Gasteiger partial charge in [0, 0.05) is 19.3 Å². The number of ether oxygens (including phenoxy) is 3. The van der Waals surface area contributed by atoms with E-state index in [4.69, 9.17) is 14.2 Å². The van der Waals surface area contributed by atoms with E-state index in [0.717, 1.165) is 122 Å². The number of rotatable bonds is 56. The summed E-state index contributed by atoms with van der Waals surface area (Å²) in [5.74, 6) is -0.913. The van der Waals surface area contributed by atoms with Crippen molar-refractivity contribution >= 4 is 17.9 Å². The van der Waals surface area contributed by atoms with Gasteiger partial charge in [-0.2, -0.15) is 0 Å². The maximum atomic E-state index is 12.9. The van der Waals surface area contributed by atoms with Crippen LogP contribution in [0.15, 0.2) is 109 Å². The molecule has 0 amide bonds. The predicted octanol–water partition coefficient (Wildman–Crippen LogP) is 21.4. The van der Waals surface area contributed by atoms with Gasteiger partial charge >= 0.3 is 17.9 Å². The Balaban J connectivity index is 4.32. The lowest BCUT2D eigenvalue weighted by atomic mass is 10.0. The van der Waals surface area contributed by atoms with Gasteiger partial charge in [0.15, 0.2) is 6.10 Å². The molecule has 0 saturated heterocycles. The van der Waals surface area contributed by atoms with E-state index in [9.17, 15) is 14.4 Å². The van der Waals surface area contributed by atoms with E-state index in [1.807, 2.05) is 0 Å². The summed E-state index contributed by atoms with van der Waals surface area (Å²) in [5, 5.41) is 0. The number of esters is 3. The maximum Gasteiger partial charge on any atom is 0.306 e. The van der Waals surface area contributed by atoms with Crippen molar-refractivity contribution in [3.05, 3.63) is 109 Å². The summed E-state index contributed by atoms with van der Waals surface area (Å²) < 4.78 is 16.9. The summed E-state index contributed by atoms with van der Waals surface area (Å²) in [5.41, 5.74) is 0. The SMILES string of the molecule is CC/C=C\C/C=C\C/C=C\C/C=C\C/C=C\C/C=C\C/C=C\C/C=C\C/C=C\CCCCCC(=O)OCC(COC(=O)CCCCCCCCCCCCC)OC(=O)CCCCCCCCCCCCCCCCC. The van der Waals surface area contributed by atoms with E-state index < -0.39 is 6.10 Å². The van der Waals surface area contributed by atoms with Crippen molar-refractivity contribution in [2.45, 2.75) is 297 Å². The molecule has 0 aromatic rings. The van der Waals surface area contributed by atoms with Crippen molar-refractivity contribution in [3.8, 4) is 0 Å².